The number of nitrogens with two attached hydrogens (primary N) is 1. The summed E-state index contributed by atoms with van der Waals surface area (Å²) >= 11 is 0. The molecule has 0 unspecified atom stereocenters. The van der Waals surface area contributed by atoms with Gasteiger partial charge in [0.2, 0.25) is 0 Å². The Labute approximate surface area is 102 Å². The molecule has 0 bridgehead atoms. The number of rotatable bonds is 3. The summed E-state index contributed by atoms with van der Waals surface area (Å²) in [5, 5.41) is 0. The van der Waals surface area contributed by atoms with E-state index in [0.717, 1.165) is 16.9 Å². The van der Waals surface area contributed by atoms with Gasteiger partial charge in [-0.25, -0.2) is 0 Å². The van der Waals surface area contributed by atoms with E-state index in [1.54, 1.807) is 7.11 Å². The van der Waals surface area contributed by atoms with Crippen molar-refractivity contribution in [2.75, 3.05) is 7.11 Å². The van der Waals surface area contributed by atoms with Crippen molar-refractivity contribution in [1.29, 1.82) is 0 Å². The molecular weight excluding hydrogens is 210 g/mol. The molecule has 0 radical (unpaired) electrons. The molecule has 0 aliphatic heterocycles. The average Bonchev–Trinajstić information content (AvgIpc) is 2.38. The van der Waals surface area contributed by atoms with Crippen LogP contribution in [0.4, 0.5) is 0 Å². The Morgan fingerprint density at radius 1 is 1.06 bits per heavy atom. The molecular formula is C15H17NO. The predicted octanol–water partition coefficient (Wildman–Crippen LogP) is 3.13. The maximum Gasteiger partial charge on any atom is 0.126 e. The molecule has 2 N–H and O–H groups in total. The first kappa shape index (κ1) is 11.7. The normalized spacial score (nSPS) is 10.3. The van der Waals surface area contributed by atoms with E-state index in [9.17, 15) is 0 Å². The van der Waals surface area contributed by atoms with Crippen molar-refractivity contribution in [2.45, 2.75) is 13.5 Å². The Morgan fingerprint density at radius 3 is 2.35 bits per heavy atom. The summed E-state index contributed by atoms with van der Waals surface area (Å²) in [7, 11) is 1.68. The van der Waals surface area contributed by atoms with Gasteiger partial charge in [0.15, 0.2) is 0 Å². The molecule has 0 aromatic heterocycles. The van der Waals surface area contributed by atoms with Crippen LogP contribution < -0.4 is 10.5 Å². The minimum absolute atomic E-state index is 0.491. The molecule has 0 atom stereocenters. The molecule has 2 heteroatoms. The zero-order valence-electron chi connectivity index (χ0n) is 10.2. The summed E-state index contributed by atoms with van der Waals surface area (Å²) in [6.07, 6.45) is 0. The number of benzene rings is 2. The van der Waals surface area contributed by atoms with Gasteiger partial charge in [-0.1, -0.05) is 30.3 Å². The summed E-state index contributed by atoms with van der Waals surface area (Å²) in [6, 6.07) is 14.5. The maximum atomic E-state index is 5.76. The molecule has 0 spiro atoms. The van der Waals surface area contributed by atoms with E-state index in [2.05, 4.69) is 24.3 Å². The second-order valence-corrected chi connectivity index (χ2v) is 4.06. The average molecular weight is 227 g/mol. The van der Waals surface area contributed by atoms with Crippen molar-refractivity contribution < 1.29 is 4.74 Å². The quantitative estimate of drug-likeness (QED) is 0.874. The molecule has 88 valence electrons. The molecule has 2 aromatic rings. The minimum atomic E-state index is 0.491. The third kappa shape index (κ3) is 2.32. The largest absolute Gasteiger partial charge is 0.496 e. The summed E-state index contributed by atoms with van der Waals surface area (Å²) < 4.78 is 5.38. The highest BCUT2D eigenvalue weighted by molar-refractivity contribution is 5.67. The number of aryl methyl sites for hydroxylation is 1. The fraction of sp³-hybridized carbons (Fsp3) is 0.200. The Balaban J connectivity index is 2.54. The summed E-state index contributed by atoms with van der Waals surface area (Å²) in [4.78, 5) is 0. The van der Waals surface area contributed by atoms with Gasteiger partial charge in [-0.3, -0.25) is 0 Å². The van der Waals surface area contributed by atoms with Crippen LogP contribution in [0.15, 0.2) is 42.5 Å². The fourth-order valence-corrected chi connectivity index (χ4v) is 2.09. The van der Waals surface area contributed by atoms with Crippen molar-refractivity contribution in [2.24, 2.45) is 5.73 Å². The van der Waals surface area contributed by atoms with Crippen LogP contribution >= 0.6 is 0 Å². The van der Waals surface area contributed by atoms with Gasteiger partial charge >= 0.3 is 0 Å². The van der Waals surface area contributed by atoms with E-state index in [-0.39, 0.29) is 0 Å². The maximum absolute atomic E-state index is 5.76. The van der Waals surface area contributed by atoms with Gasteiger partial charge in [0.1, 0.15) is 5.75 Å². The fourth-order valence-electron chi connectivity index (χ4n) is 2.09. The molecule has 2 aromatic carbocycles. The van der Waals surface area contributed by atoms with E-state index >= 15 is 0 Å². The van der Waals surface area contributed by atoms with Gasteiger partial charge < -0.3 is 10.5 Å². The highest BCUT2D eigenvalue weighted by atomic mass is 16.5. The lowest BCUT2D eigenvalue weighted by molar-refractivity contribution is 0.407. The van der Waals surface area contributed by atoms with Crippen molar-refractivity contribution in [3.63, 3.8) is 0 Å². The van der Waals surface area contributed by atoms with Gasteiger partial charge in [0.05, 0.1) is 7.11 Å². The predicted molar refractivity (Wildman–Crippen MR) is 71.1 cm³/mol. The standard InChI is InChI=1S/C15H17NO/c1-11-8-13(12-6-4-3-5-7-12)9-14(10-16)15(11)17-2/h3-9H,10,16H2,1-2H3. The zero-order valence-corrected chi connectivity index (χ0v) is 10.2. The number of hydrogen-bond donors (Lipinski definition) is 1. The van der Waals surface area contributed by atoms with Gasteiger partial charge in [0, 0.05) is 12.1 Å². The van der Waals surface area contributed by atoms with Crippen molar-refractivity contribution in [1.82, 2.24) is 0 Å². The van der Waals surface area contributed by atoms with Crippen LogP contribution in [0.5, 0.6) is 5.75 Å². The van der Waals surface area contributed by atoms with Crippen LogP contribution in [0.25, 0.3) is 11.1 Å². The highest BCUT2D eigenvalue weighted by Gasteiger charge is 2.08. The lowest BCUT2D eigenvalue weighted by Gasteiger charge is -2.13. The van der Waals surface area contributed by atoms with Crippen molar-refractivity contribution in [3.8, 4) is 16.9 Å². The Bertz CT molecular complexity index is 506. The third-order valence-corrected chi connectivity index (χ3v) is 2.88. The second kappa shape index (κ2) is 5.02. The molecule has 2 nitrogen and oxygen atoms in total. The summed E-state index contributed by atoms with van der Waals surface area (Å²) in [5.74, 6) is 0.896. The van der Waals surface area contributed by atoms with Gasteiger partial charge in [0.25, 0.3) is 0 Å². The second-order valence-electron chi connectivity index (χ2n) is 4.06. The molecule has 17 heavy (non-hydrogen) atoms. The van der Waals surface area contributed by atoms with Crippen molar-refractivity contribution >= 4 is 0 Å². The van der Waals surface area contributed by atoms with E-state index < -0.39 is 0 Å². The Hall–Kier alpha value is -1.80. The van der Waals surface area contributed by atoms with Crippen LogP contribution in [-0.2, 0) is 6.54 Å². The molecule has 0 saturated heterocycles. The minimum Gasteiger partial charge on any atom is -0.496 e. The van der Waals surface area contributed by atoms with Gasteiger partial charge in [-0.2, -0.15) is 0 Å². The molecule has 0 aliphatic carbocycles. The zero-order chi connectivity index (χ0) is 12.3. The molecule has 2 rings (SSSR count). The summed E-state index contributed by atoms with van der Waals surface area (Å²) in [6.45, 7) is 2.54. The van der Waals surface area contributed by atoms with Crippen LogP contribution in [0, 0.1) is 6.92 Å². The van der Waals surface area contributed by atoms with Crippen molar-refractivity contribution in [3.05, 3.63) is 53.6 Å². The number of methoxy groups -OCH3 is 1. The van der Waals surface area contributed by atoms with Crippen LogP contribution in [-0.4, -0.2) is 7.11 Å². The summed E-state index contributed by atoms with van der Waals surface area (Å²) in [5.41, 5.74) is 10.3. The first-order chi connectivity index (χ1) is 8.26. The van der Waals surface area contributed by atoms with Gasteiger partial charge in [-0.05, 0) is 35.7 Å². The van der Waals surface area contributed by atoms with Crippen LogP contribution in [0.3, 0.4) is 0 Å². The topological polar surface area (TPSA) is 35.2 Å². The Morgan fingerprint density at radius 2 is 1.76 bits per heavy atom. The Kier molecular flexibility index (Phi) is 3.45. The van der Waals surface area contributed by atoms with Crippen LogP contribution in [0.2, 0.25) is 0 Å². The molecule has 0 heterocycles. The van der Waals surface area contributed by atoms with E-state index in [0.29, 0.717) is 6.54 Å². The smallest absolute Gasteiger partial charge is 0.126 e. The molecule has 0 saturated carbocycles. The first-order valence-corrected chi connectivity index (χ1v) is 5.69. The molecule has 0 aliphatic rings. The third-order valence-electron chi connectivity index (χ3n) is 2.88. The van der Waals surface area contributed by atoms with Gasteiger partial charge in [-0.15, -0.1) is 0 Å². The first-order valence-electron chi connectivity index (χ1n) is 5.69. The number of ether oxygens (including phenoxy) is 1. The van der Waals surface area contributed by atoms with E-state index in [1.807, 2.05) is 25.1 Å². The van der Waals surface area contributed by atoms with E-state index in [1.165, 1.54) is 11.1 Å². The SMILES string of the molecule is COc1c(C)cc(-c2ccccc2)cc1CN. The number of hydrogen-bond acceptors (Lipinski definition) is 2. The highest BCUT2D eigenvalue weighted by Crippen LogP contribution is 2.30. The van der Waals surface area contributed by atoms with E-state index in [4.69, 9.17) is 10.5 Å². The molecule has 0 fully saturated rings. The van der Waals surface area contributed by atoms with Crippen LogP contribution in [0.1, 0.15) is 11.1 Å². The lowest BCUT2D eigenvalue weighted by Crippen LogP contribution is -2.02. The molecule has 0 amide bonds. The lowest BCUT2D eigenvalue weighted by atomic mass is 9.99. The monoisotopic (exact) mass is 227 g/mol.